The number of hydrogen-bond acceptors (Lipinski definition) is 4. The number of benzene rings is 3. The Morgan fingerprint density at radius 2 is 1.58 bits per heavy atom. The molecule has 3 amide bonds. The lowest BCUT2D eigenvalue weighted by Crippen LogP contribution is -2.33. The topological polar surface area (TPSA) is 115 Å². The van der Waals surface area contributed by atoms with E-state index in [1.807, 2.05) is 24.3 Å². The third kappa shape index (κ3) is 5.25. The van der Waals surface area contributed by atoms with Crippen LogP contribution < -0.4 is 16.1 Å². The fourth-order valence-corrected chi connectivity index (χ4v) is 3.24. The third-order valence-electron chi connectivity index (χ3n) is 4.72. The Bertz CT molecular complexity index is 1360. The molecule has 1 heterocycles. The number of aromatic nitrogens is 1. The second-order valence-electron chi connectivity index (χ2n) is 6.95. The number of rotatable bonds is 5. The lowest BCUT2D eigenvalue weighted by atomic mass is 10.1. The van der Waals surface area contributed by atoms with Crippen molar-refractivity contribution in [3.63, 3.8) is 0 Å². The molecule has 0 atom stereocenters. The molecule has 164 valence electrons. The van der Waals surface area contributed by atoms with E-state index in [4.69, 9.17) is 11.6 Å². The van der Waals surface area contributed by atoms with Crippen LogP contribution in [-0.2, 0) is 9.59 Å². The highest BCUT2D eigenvalue weighted by Crippen LogP contribution is 2.19. The van der Waals surface area contributed by atoms with Crippen LogP contribution in [0.5, 0.6) is 0 Å². The number of nitrogens with one attached hydrogen (secondary N) is 4. The molecular formula is C24H18ClN5O3. The van der Waals surface area contributed by atoms with E-state index in [0.717, 1.165) is 16.5 Å². The van der Waals surface area contributed by atoms with Gasteiger partial charge in [0.1, 0.15) is 0 Å². The van der Waals surface area contributed by atoms with E-state index in [0.29, 0.717) is 10.7 Å². The van der Waals surface area contributed by atoms with E-state index in [1.165, 1.54) is 18.3 Å². The molecule has 1 aromatic heterocycles. The van der Waals surface area contributed by atoms with Crippen molar-refractivity contribution >= 4 is 57.8 Å². The van der Waals surface area contributed by atoms with E-state index in [1.54, 1.807) is 42.6 Å². The van der Waals surface area contributed by atoms with Gasteiger partial charge in [-0.15, -0.1) is 0 Å². The number of para-hydroxylation sites is 2. The first kappa shape index (κ1) is 21.8. The Morgan fingerprint density at radius 3 is 2.39 bits per heavy atom. The summed E-state index contributed by atoms with van der Waals surface area (Å²) in [6.07, 6.45) is 3.19. The molecule has 0 saturated carbocycles. The maximum Gasteiger partial charge on any atom is 0.329 e. The Morgan fingerprint density at radius 1 is 0.848 bits per heavy atom. The SMILES string of the molecule is O=C(N/N=C\c1c[nH]c2ccccc12)C(=O)Nc1ccccc1C(=O)Nc1ccc(Cl)cc1. The van der Waals surface area contributed by atoms with Crippen molar-refractivity contribution in [2.24, 2.45) is 5.10 Å². The monoisotopic (exact) mass is 459 g/mol. The first-order valence-electron chi connectivity index (χ1n) is 9.88. The van der Waals surface area contributed by atoms with Gasteiger partial charge >= 0.3 is 11.8 Å². The highest BCUT2D eigenvalue weighted by molar-refractivity contribution is 6.40. The molecule has 0 fully saturated rings. The number of nitrogens with zero attached hydrogens (tertiary/aromatic N) is 1. The first-order valence-corrected chi connectivity index (χ1v) is 10.3. The molecule has 4 N–H and O–H groups in total. The molecule has 0 spiro atoms. The molecule has 3 aromatic carbocycles. The molecular weight excluding hydrogens is 442 g/mol. The Hall–Kier alpha value is -4.43. The smallest absolute Gasteiger partial charge is 0.329 e. The summed E-state index contributed by atoms with van der Waals surface area (Å²) in [5.41, 5.74) is 4.79. The number of H-pyrrole nitrogens is 1. The standard InChI is InChI=1S/C24H18ClN5O3/c25-16-9-11-17(12-10-16)28-22(31)19-6-2-4-8-21(19)29-23(32)24(33)30-27-14-15-13-26-20-7-3-1-5-18(15)20/h1-14,26H,(H,28,31)(H,29,32)(H,30,33)/b27-14-. The van der Waals surface area contributed by atoms with Gasteiger partial charge in [-0.1, -0.05) is 41.9 Å². The lowest BCUT2D eigenvalue weighted by Gasteiger charge is -2.11. The zero-order valence-corrected chi connectivity index (χ0v) is 17.9. The maximum absolute atomic E-state index is 12.7. The molecule has 0 saturated heterocycles. The summed E-state index contributed by atoms with van der Waals surface area (Å²) in [6, 6.07) is 20.6. The van der Waals surface area contributed by atoms with Crippen molar-refractivity contribution < 1.29 is 14.4 Å². The summed E-state index contributed by atoms with van der Waals surface area (Å²) in [5.74, 6) is -2.39. The van der Waals surface area contributed by atoms with Gasteiger partial charge in [-0.25, -0.2) is 5.43 Å². The minimum Gasteiger partial charge on any atom is -0.361 e. The van der Waals surface area contributed by atoms with Gasteiger partial charge in [0, 0.05) is 33.4 Å². The van der Waals surface area contributed by atoms with E-state index < -0.39 is 17.7 Å². The highest BCUT2D eigenvalue weighted by atomic mass is 35.5. The Labute approximate surface area is 193 Å². The number of carbonyl (C=O) groups excluding carboxylic acids is 3. The van der Waals surface area contributed by atoms with Crippen LogP contribution in [0.3, 0.4) is 0 Å². The number of hydrazone groups is 1. The molecule has 0 aliphatic carbocycles. The average Bonchev–Trinajstić information content (AvgIpc) is 3.24. The van der Waals surface area contributed by atoms with Crippen LogP contribution >= 0.6 is 11.6 Å². The van der Waals surface area contributed by atoms with E-state index in [9.17, 15) is 14.4 Å². The fraction of sp³-hybridized carbons (Fsp3) is 0. The summed E-state index contributed by atoms with van der Waals surface area (Å²) in [4.78, 5) is 40.3. The highest BCUT2D eigenvalue weighted by Gasteiger charge is 2.18. The van der Waals surface area contributed by atoms with Crippen LogP contribution in [0.25, 0.3) is 10.9 Å². The number of halogens is 1. The molecule has 0 bridgehead atoms. The summed E-state index contributed by atoms with van der Waals surface area (Å²) in [6.45, 7) is 0. The number of hydrogen-bond donors (Lipinski definition) is 4. The minimum absolute atomic E-state index is 0.185. The minimum atomic E-state index is -0.973. The number of amides is 3. The second kappa shape index (κ2) is 9.80. The van der Waals surface area contributed by atoms with E-state index in [-0.39, 0.29) is 11.3 Å². The van der Waals surface area contributed by atoms with Crippen LogP contribution in [0.15, 0.2) is 84.1 Å². The van der Waals surface area contributed by atoms with Gasteiger partial charge in [-0.2, -0.15) is 5.10 Å². The number of anilines is 2. The zero-order valence-electron chi connectivity index (χ0n) is 17.1. The Kier molecular flexibility index (Phi) is 6.47. The molecule has 33 heavy (non-hydrogen) atoms. The van der Waals surface area contributed by atoms with Crippen LogP contribution in [0, 0.1) is 0 Å². The molecule has 0 aliphatic heterocycles. The number of aromatic amines is 1. The van der Waals surface area contributed by atoms with Crippen LogP contribution in [0.1, 0.15) is 15.9 Å². The molecule has 0 aliphatic rings. The predicted octanol–water partition coefficient (Wildman–Crippen LogP) is 4.16. The van der Waals surface area contributed by atoms with Crippen LogP contribution in [0.4, 0.5) is 11.4 Å². The Balaban J connectivity index is 1.40. The maximum atomic E-state index is 12.7. The van der Waals surface area contributed by atoms with Gasteiger partial charge in [-0.05, 0) is 42.5 Å². The molecule has 8 nitrogen and oxygen atoms in total. The van der Waals surface area contributed by atoms with Gasteiger partial charge < -0.3 is 15.6 Å². The van der Waals surface area contributed by atoms with Gasteiger partial charge in [0.15, 0.2) is 0 Å². The van der Waals surface area contributed by atoms with Crippen molar-refractivity contribution in [1.82, 2.24) is 10.4 Å². The van der Waals surface area contributed by atoms with Gasteiger partial charge in [0.25, 0.3) is 5.91 Å². The lowest BCUT2D eigenvalue weighted by molar-refractivity contribution is -0.136. The molecule has 4 rings (SSSR count). The van der Waals surface area contributed by atoms with Crippen molar-refractivity contribution in [3.05, 3.63) is 95.1 Å². The van der Waals surface area contributed by atoms with E-state index in [2.05, 4.69) is 26.1 Å². The van der Waals surface area contributed by atoms with Crippen molar-refractivity contribution in [2.45, 2.75) is 0 Å². The first-order chi connectivity index (χ1) is 16.0. The molecule has 4 aromatic rings. The van der Waals surface area contributed by atoms with E-state index >= 15 is 0 Å². The third-order valence-corrected chi connectivity index (χ3v) is 4.97. The predicted molar refractivity (Wildman–Crippen MR) is 129 cm³/mol. The summed E-state index contributed by atoms with van der Waals surface area (Å²) in [5, 5.41) is 10.5. The largest absolute Gasteiger partial charge is 0.361 e. The quantitative estimate of drug-likeness (QED) is 0.204. The molecule has 0 unspecified atom stereocenters. The average molecular weight is 460 g/mol. The van der Waals surface area contributed by atoms with Crippen molar-refractivity contribution in [2.75, 3.05) is 10.6 Å². The molecule has 9 heteroatoms. The van der Waals surface area contributed by atoms with Gasteiger partial charge in [-0.3, -0.25) is 14.4 Å². The van der Waals surface area contributed by atoms with Crippen molar-refractivity contribution in [3.8, 4) is 0 Å². The second-order valence-corrected chi connectivity index (χ2v) is 7.39. The number of carbonyl (C=O) groups is 3. The van der Waals surface area contributed by atoms with Crippen LogP contribution in [0.2, 0.25) is 5.02 Å². The zero-order chi connectivity index (χ0) is 23.2. The fourth-order valence-electron chi connectivity index (χ4n) is 3.11. The van der Waals surface area contributed by atoms with Crippen LogP contribution in [-0.4, -0.2) is 28.9 Å². The molecule has 0 radical (unpaired) electrons. The van der Waals surface area contributed by atoms with Gasteiger partial charge in [0.05, 0.1) is 17.5 Å². The van der Waals surface area contributed by atoms with Gasteiger partial charge in [0.2, 0.25) is 0 Å². The summed E-state index contributed by atoms with van der Waals surface area (Å²) < 4.78 is 0. The van der Waals surface area contributed by atoms with Crippen molar-refractivity contribution in [1.29, 1.82) is 0 Å². The normalized spacial score (nSPS) is 10.8. The summed E-state index contributed by atoms with van der Waals surface area (Å²) in [7, 11) is 0. The summed E-state index contributed by atoms with van der Waals surface area (Å²) >= 11 is 5.86. The number of fused-ring (bicyclic) bond motifs is 1.